The summed E-state index contributed by atoms with van der Waals surface area (Å²) in [5, 5.41) is 2.34. The molecule has 4 heterocycles. The lowest BCUT2D eigenvalue weighted by Gasteiger charge is -2.14. The number of pyridine rings is 1. The van der Waals surface area contributed by atoms with Crippen LogP contribution in [0.4, 0.5) is 0 Å². The molecule has 5 heteroatoms. The van der Waals surface area contributed by atoms with E-state index in [1.54, 1.807) is 0 Å². The molecule has 8 aromatic rings. The second-order valence-electron chi connectivity index (χ2n) is 10.7. The number of para-hydroxylation sites is 1. The summed E-state index contributed by atoms with van der Waals surface area (Å²) in [5.41, 5.74) is 10.7. The van der Waals surface area contributed by atoms with Gasteiger partial charge in [-0.1, -0.05) is 103 Å². The van der Waals surface area contributed by atoms with Crippen molar-refractivity contribution >= 4 is 21.9 Å². The SMILES string of the molecule is c1ccc(-c2nc(-c3ccccc3)nc(-c3ccc4c(c3)-c3ccccc3-c3cccc5c6cccnc6n-4c35)n2)cc1. The Balaban J connectivity index is 1.33. The van der Waals surface area contributed by atoms with Crippen LogP contribution in [0, 0.1) is 0 Å². The van der Waals surface area contributed by atoms with Crippen LogP contribution < -0.4 is 0 Å². The van der Waals surface area contributed by atoms with E-state index < -0.39 is 0 Å². The zero-order chi connectivity index (χ0) is 28.3. The molecule has 5 nitrogen and oxygen atoms in total. The van der Waals surface area contributed by atoms with Crippen molar-refractivity contribution in [3.8, 4) is 62.1 Å². The summed E-state index contributed by atoms with van der Waals surface area (Å²) in [6.07, 6.45) is 1.87. The van der Waals surface area contributed by atoms with Crippen LogP contribution in [-0.2, 0) is 0 Å². The highest BCUT2D eigenvalue weighted by molar-refractivity contribution is 6.15. The molecule has 0 aliphatic carbocycles. The topological polar surface area (TPSA) is 56.5 Å². The van der Waals surface area contributed by atoms with Gasteiger partial charge >= 0.3 is 0 Å². The van der Waals surface area contributed by atoms with Gasteiger partial charge in [-0.05, 0) is 41.5 Å². The Kier molecular flexibility index (Phi) is 5.13. The predicted octanol–water partition coefficient (Wildman–Crippen LogP) is 9.01. The highest BCUT2D eigenvalue weighted by Gasteiger charge is 2.25. The lowest BCUT2D eigenvalue weighted by molar-refractivity contribution is 1.07. The van der Waals surface area contributed by atoms with Crippen molar-refractivity contribution in [2.75, 3.05) is 0 Å². The van der Waals surface area contributed by atoms with Crippen molar-refractivity contribution in [3.05, 3.63) is 140 Å². The second-order valence-corrected chi connectivity index (χ2v) is 10.7. The quantitative estimate of drug-likeness (QED) is 0.221. The average Bonchev–Trinajstić information content (AvgIpc) is 3.37. The van der Waals surface area contributed by atoms with Gasteiger partial charge in [-0.3, -0.25) is 4.57 Å². The monoisotopic (exact) mass is 549 g/mol. The van der Waals surface area contributed by atoms with E-state index in [2.05, 4.69) is 71.3 Å². The third-order valence-corrected chi connectivity index (χ3v) is 8.25. The maximum absolute atomic E-state index is 5.00. The van der Waals surface area contributed by atoms with E-state index in [1.165, 1.54) is 27.6 Å². The zero-order valence-electron chi connectivity index (χ0n) is 23.0. The molecule has 43 heavy (non-hydrogen) atoms. The average molecular weight is 550 g/mol. The molecule has 5 aromatic carbocycles. The van der Waals surface area contributed by atoms with E-state index in [9.17, 15) is 0 Å². The van der Waals surface area contributed by atoms with E-state index >= 15 is 0 Å². The van der Waals surface area contributed by atoms with E-state index in [0.717, 1.165) is 39.0 Å². The molecule has 0 saturated heterocycles. The molecule has 9 rings (SSSR count). The van der Waals surface area contributed by atoms with Crippen molar-refractivity contribution in [1.29, 1.82) is 0 Å². The number of rotatable bonds is 3. The number of nitrogens with zero attached hydrogens (tertiary/aromatic N) is 5. The van der Waals surface area contributed by atoms with Crippen molar-refractivity contribution < 1.29 is 0 Å². The lowest BCUT2D eigenvalue weighted by atomic mass is 9.93. The Bertz CT molecular complexity index is 2280. The Labute approximate surface area is 247 Å². The maximum Gasteiger partial charge on any atom is 0.164 e. The highest BCUT2D eigenvalue weighted by Crippen LogP contribution is 2.46. The number of hydrogen-bond acceptors (Lipinski definition) is 4. The van der Waals surface area contributed by atoms with Crippen LogP contribution in [0.25, 0.3) is 84.0 Å². The molecular weight excluding hydrogens is 526 g/mol. The third kappa shape index (κ3) is 3.65. The van der Waals surface area contributed by atoms with Gasteiger partial charge in [0.15, 0.2) is 17.5 Å². The van der Waals surface area contributed by atoms with Crippen LogP contribution in [0.1, 0.15) is 0 Å². The standard InChI is InChI=1S/C38H23N5/c1-3-11-24(12-4-1)35-40-36(25-13-5-2-6-14-25)42-37(41-35)26-20-21-33-32(23-26)28-16-8-7-15-27(28)29-17-9-18-30-31-19-10-22-39-38(31)43(33)34(29)30/h1-23H. The van der Waals surface area contributed by atoms with E-state index in [0.29, 0.717) is 17.5 Å². The Hall–Kier alpha value is -5.94. The summed E-state index contributed by atoms with van der Waals surface area (Å²) in [6.45, 7) is 0. The molecule has 0 bridgehead atoms. The first-order chi connectivity index (χ1) is 21.3. The molecule has 0 fully saturated rings. The fourth-order valence-electron chi connectivity index (χ4n) is 6.32. The normalized spacial score (nSPS) is 11.7. The Morgan fingerprint density at radius 2 is 1.00 bits per heavy atom. The van der Waals surface area contributed by atoms with Crippen LogP contribution >= 0.6 is 0 Å². The number of hydrogen-bond donors (Lipinski definition) is 0. The van der Waals surface area contributed by atoms with Gasteiger partial charge in [-0.25, -0.2) is 19.9 Å². The fraction of sp³-hybridized carbons (Fsp3) is 0. The maximum atomic E-state index is 5.00. The molecular formula is C38H23N5. The van der Waals surface area contributed by atoms with Gasteiger partial charge in [-0.2, -0.15) is 0 Å². The molecule has 0 radical (unpaired) electrons. The van der Waals surface area contributed by atoms with Crippen molar-refractivity contribution in [2.24, 2.45) is 0 Å². The van der Waals surface area contributed by atoms with Gasteiger partial charge in [0.1, 0.15) is 5.65 Å². The van der Waals surface area contributed by atoms with Crippen molar-refractivity contribution in [3.63, 3.8) is 0 Å². The van der Waals surface area contributed by atoms with Crippen LogP contribution in [0.3, 0.4) is 0 Å². The molecule has 0 atom stereocenters. The summed E-state index contributed by atoms with van der Waals surface area (Å²) >= 11 is 0. The van der Waals surface area contributed by atoms with Gasteiger partial charge < -0.3 is 0 Å². The van der Waals surface area contributed by atoms with Gasteiger partial charge in [0.2, 0.25) is 0 Å². The smallest absolute Gasteiger partial charge is 0.164 e. The summed E-state index contributed by atoms with van der Waals surface area (Å²) in [4.78, 5) is 19.8. The summed E-state index contributed by atoms with van der Waals surface area (Å²) in [5.74, 6) is 1.93. The van der Waals surface area contributed by atoms with Crippen molar-refractivity contribution in [2.45, 2.75) is 0 Å². The predicted molar refractivity (Wildman–Crippen MR) is 173 cm³/mol. The number of aromatic nitrogens is 5. The third-order valence-electron chi connectivity index (χ3n) is 8.25. The minimum Gasteiger partial charge on any atom is -0.293 e. The van der Waals surface area contributed by atoms with Crippen molar-refractivity contribution in [1.82, 2.24) is 24.5 Å². The first-order valence-corrected chi connectivity index (χ1v) is 14.3. The van der Waals surface area contributed by atoms with E-state index in [1.807, 2.05) is 72.9 Å². The Morgan fingerprint density at radius 1 is 0.419 bits per heavy atom. The molecule has 0 amide bonds. The largest absolute Gasteiger partial charge is 0.293 e. The lowest BCUT2D eigenvalue weighted by Crippen LogP contribution is -2.01. The first-order valence-electron chi connectivity index (χ1n) is 14.3. The second kappa shape index (κ2) is 9.29. The van der Waals surface area contributed by atoms with Gasteiger partial charge in [0.05, 0.1) is 11.2 Å². The fourth-order valence-corrected chi connectivity index (χ4v) is 6.32. The summed E-state index contributed by atoms with van der Waals surface area (Å²) < 4.78 is 2.32. The van der Waals surface area contributed by atoms with E-state index in [-0.39, 0.29) is 0 Å². The number of fused-ring (bicyclic) bond motifs is 8. The van der Waals surface area contributed by atoms with E-state index in [4.69, 9.17) is 19.9 Å². The van der Waals surface area contributed by atoms with Crippen LogP contribution in [0.15, 0.2) is 140 Å². The molecule has 1 aliphatic heterocycles. The van der Waals surface area contributed by atoms with Gasteiger partial charge in [-0.15, -0.1) is 0 Å². The molecule has 3 aromatic heterocycles. The summed E-state index contributed by atoms with van der Waals surface area (Å²) in [6, 6.07) is 46.1. The molecule has 0 unspecified atom stereocenters. The molecule has 0 saturated carbocycles. The van der Waals surface area contributed by atoms with Crippen LogP contribution in [0.5, 0.6) is 0 Å². The minimum atomic E-state index is 0.635. The minimum absolute atomic E-state index is 0.635. The zero-order valence-corrected chi connectivity index (χ0v) is 23.0. The molecule has 0 N–H and O–H groups in total. The molecule has 200 valence electrons. The molecule has 1 aliphatic rings. The van der Waals surface area contributed by atoms with Crippen LogP contribution in [-0.4, -0.2) is 24.5 Å². The first kappa shape index (κ1) is 23.7. The van der Waals surface area contributed by atoms with Crippen LogP contribution in [0.2, 0.25) is 0 Å². The van der Waals surface area contributed by atoms with Gasteiger partial charge in [0.25, 0.3) is 0 Å². The Morgan fingerprint density at radius 3 is 1.70 bits per heavy atom. The highest BCUT2D eigenvalue weighted by atomic mass is 15.1. The number of benzene rings is 5. The van der Waals surface area contributed by atoms with Gasteiger partial charge in [0, 0.05) is 44.8 Å². The molecule has 0 spiro atoms. The summed E-state index contributed by atoms with van der Waals surface area (Å²) in [7, 11) is 0.